The Morgan fingerprint density at radius 1 is 1.12 bits per heavy atom. The standard InChI is InChI=1S/C18H26N4O3.ClH/c19-16(23)9-12-21-18(25)14-3-1-2-4-15(14)22-17(24)6-5-13-7-10-20-11-8-13;/h1-4,13,20H,5-12H2,(H2,19,23)(H,21,25)(H,22,24);1H. The molecule has 5 N–H and O–H groups in total. The molecule has 0 spiro atoms. The van der Waals surface area contributed by atoms with Gasteiger partial charge in [0, 0.05) is 19.4 Å². The SMILES string of the molecule is Cl.NC(=O)CCNC(=O)c1ccccc1NC(=O)CCC1CCNCC1. The van der Waals surface area contributed by atoms with E-state index in [0.717, 1.165) is 32.4 Å². The first kappa shape index (κ1) is 21.9. The summed E-state index contributed by atoms with van der Waals surface area (Å²) in [7, 11) is 0. The number of nitrogens with two attached hydrogens (primary N) is 1. The predicted octanol–water partition coefficient (Wildman–Crippen LogP) is 1.43. The minimum atomic E-state index is -0.472. The summed E-state index contributed by atoms with van der Waals surface area (Å²) >= 11 is 0. The van der Waals surface area contributed by atoms with Crippen molar-refractivity contribution in [3.8, 4) is 0 Å². The average Bonchev–Trinajstić information content (AvgIpc) is 2.61. The van der Waals surface area contributed by atoms with Crippen LogP contribution in [0.4, 0.5) is 5.69 Å². The van der Waals surface area contributed by atoms with Crippen LogP contribution in [0.1, 0.15) is 42.5 Å². The largest absolute Gasteiger partial charge is 0.370 e. The third-order valence-electron chi connectivity index (χ3n) is 4.34. The van der Waals surface area contributed by atoms with E-state index in [9.17, 15) is 14.4 Å². The van der Waals surface area contributed by atoms with Crippen LogP contribution in [0, 0.1) is 5.92 Å². The predicted molar refractivity (Wildman–Crippen MR) is 103 cm³/mol. The highest BCUT2D eigenvalue weighted by molar-refractivity contribution is 6.03. The molecule has 1 aliphatic heterocycles. The Bertz CT molecular complexity index is 618. The van der Waals surface area contributed by atoms with Gasteiger partial charge in [0.05, 0.1) is 11.3 Å². The highest BCUT2D eigenvalue weighted by Gasteiger charge is 2.16. The van der Waals surface area contributed by atoms with Crippen molar-refractivity contribution in [2.75, 3.05) is 25.0 Å². The van der Waals surface area contributed by atoms with Gasteiger partial charge in [-0.2, -0.15) is 0 Å². The monoisotopic (exact) mass is 382 g/mol. The maximum atomic E-state index is 12.2. The van der Waals surface area contributed by atoms with Gasteiger partial charge in [-0.3, -0.25) is 14.4 Å². The van der Waals surface area contributed by atoms with Crippen LogP contribution in [0.2, 0.25) is 0 Å². The van der Waals surface area contributed by atoms with E-state index in [1.165, 1.54) is 0 Å². The molecule has 0 aliphatic carbocycles. The minimum absolute atomic E-state index is 0. The van der Waals surface area contributed by atoms with E-state index in [1.54, 1.807) is 24.3 Å². The number of hydrogen-bond acceptors (Lipinski definition) is 4. The quantitative estimate of drug-likeness (QED) is 0.544. The summed E-state index contributed by atoms with van der Waals surface area (Å²) in [4.78, 5) is 35.2. The Hall–Kier alpha value is -2.12. The third-order valence-corrected chi connectivity index (χ3v) is 4.34. The van der Waals surface area contributed by atoms with E-state index in [-0.39, 0.29) is 37.2 Å². The molecule has 1 aliphatic rings. The number of carbonyl (C=O) groups excluding carboxylic acids is 3. The van der Waals surface area contributed by atoms with Gasteiger partial charge in [-0.25, -0.2) is 0 Å². The Labute approximate surface area is 159 Å². The van der Waals surface area contributed by atoms with Crippen molar-refractivity contribution >= 4 is 35.8 Å². The lowest BCUT2D eigenvalue weighted by Gasteiger charge is -2.22. The van der Waals surface area contributed by atoms with Gasteiger partial charge >= 0.3 is 0 Å². The number of halogens is 1. The Balaban J connectivity index is 0.00000338. The van der Waals surface area contributed by atoms with Gasteiger partial charge in [0.1, 0.15) is 0 Å². The summed E-state index contributed by atoms with van der Waals surface area (Å²) in [5, 5.41) is 8.76. The maximum absolute atomic E-state index is 12.2. The number of rotatable bonds is 8. The van der Waals surface area contributed by atoms with E-state index >= 15 is 0 Å². The molecule has 1 aromatic rings. The molecule has 144 valence electrons. The lowest BCUT2D eigenvalue weighted by Crippen LogP contribution is -2.29. The topological polar surface area (TPSA) is 113 Å². The zero-order chi connectivity index (χ0) is 18.1. The molecule has 7 nitrogen and oxygen atoms in total. The van der Waals surface area contributed by atoms with E-state index < -0.39 is 5.91 Å². The summed E-state index contributed by atoms with van der Waals surface area (Å²) in [5.74, 6) is -0.314. The van der Waals surface area contributed by atoms with Crippen LogP contribution < -0.4 is 21.7 Å². The van der Waals surface area contributed by atoms with Crippen molar-refractivity contribution in [2.24, 2.45) is 11.7 Å². The highest BCUT2D eigenvalue weighted by Crippen LogP contribution is 2.19. The zero-order valence-corrected chi connectivity index (χ0v) is 15.6. The van der Waals surface area contributed by atoms with Crippen LogP contribution in [-0.2, 0) is 9.59 Å². The summed E-state index contributed by atoms with van der Waals surface area (Å²) in [6, 6.07) is 6.84. The van der Waals surface area contributed by atoms with Crippen LogP contribution in [0.5, 0.6) is 0 Å². The number of amides is 3. The molecule has 0 aromatic heterocycles. The number of benzene rings is 1. The molecule has 8 heteroatoms. The molecule has 26 heavy (non-hydrogen) atoms. The lowest BCUT2D eigenvalue weighted by atomic mass is 9.93. The summed E-state index contributed by atoms with van der Waals surface area (Å²) < 4.78 is 0. The van der Waals surface area contributed by atoms with E-state index in [4.69, 9.17) is 5.73 Å². The van der Waals surface area contributed by atoms with E-state index in [0.29, 0.717) is 23.6 Å². The van der Waals surface area contributed by atoms with Crippen LogP contribution in [-0.4, -0.2) is 37.4 Å². The fraction of sp³-hybridized carbons (Fsp3) is 0.500. The zero-order valence-electron chi connectivity index (χ0n) is 14.8. The maximum Gasteiger partial charge on any atom is 0.253 e. The van der Waals surface area contributed by atoms with Crippen molar-refractivity contribution in [2.45, 2.75) is 32.1 Å². The third kappa shape index (κ3) is 7.41. The van der Waals surface area contributed by atoms with Gasteiger partial charge in [0.2, 0.25) is 11.8 Å². The first-order valence-electron chi connectivity index (χ1n) is 8.72. The molecule has 0 unspecified atom stereocenters. The van der Waals surface area contributed by atoms with Crippen molar-refractivity contribution in [1.29, 1.82) is 0 Å². The second-order valence-corrected chi connectivity index (χ2v) is 6.30. The molecular formula is C18H27ClN4O3. The Kier molecular flexibility index (Phi) is 9.69. The van der Waals surface area contributed by atoms with Crippen molar-refractivity contribution in [3.05, 3.63) is 29.8 Å². The fourth-order valence-corrected chi connectivity index (χ4v) is 2.90. The molecule has 1 fully saturated rings. The Morgan fingerprint density at radius 3 is 2.50 bits per heavy atom. The van der Waals surface area contributed by atoms with Crippen LogP contribution in [0.3, 0.4) is 0 Å². The van der Waals surface area contributed by atoms with Gasteiger partial charge in [0.25, 0.3) is 5.91 Å². The van der Waals surface area contributed by atoms with Gasteiger partial charge in [-0.05, 0) is 50.4 Å². The van der Waals surface area contributed by atoms with Crippen LogP contribution >= 0.6 is 12.4 Å². The molecule has 0 atom stereocenters. The number of carbonyl (C=O) groups is 3. The van der Waals surface area contributed by atoms with Crippen LogP contribution in [0.15, 0.2) is 24.3 Å². The molecule has 0 bridgehead atoms. The van der Waals surface area contributed by atoms with Crippen molar-refractivity contribution in [1.82, 2.24) is 10.6 Å². The molecule has 3 amide bonds. The van der Waals surface area contributed by atoms with E-state index in [2.05, 4.69) is 16.0 Å². The summed E-state index contributed by atoms with van der Waals surface area (Å²) in [6.07, 6.45) is 3.59. The molecule has 2 rings (SSSR count). The van der Waals surface area contributed by atoms with E-state index in [1.807, 2.05) is 0 Å². The summed E-state index contributed by atoms with van der Waals surface area (Å²) in [6.45, 7) is 2.20. The number of para-hydroxylation sites is 1. The first-order valence-corrected chi connectivity index (χ1v) is 8.72. The van der Waals surface area contributed by atoms with Crippen LogP contribution in [0.25, 0.3) is 0 Å². The number of primary amides is 1. The van der Waals surface area contributed by atoms with Gasteiger partial charge in [0.15, 0.2) is 0 Å². The molecular weight excluding hydrogens is 356 g/mol. The van der Waals surface area contributed by atoms with Gasteiger partial charge < -0.3 is 21.7 Å². The number of hydrogen-bond donors (Lipinski definition) is 4. The van der Waals surface area contributed by atoms with Gasteiger partial charge in [-0.15, -0.1) is 12.4 Å². The van der Waals surface area contributed by atoms with Crippen molar-refractivity contribution < 1.29 is 14.4 Å². The average molecular weight is 383 g/mol. The molecule has 1 saturated heterocycles. The second-order valence-electron chi connectivity index (χ2n) is 6.30. The molecule has 0 saturated carbocycles. The Morgan fingerprint density at radius 2 is 1.81 bits per heavy atom. The number of anilines is 1. The minimum Gasteiger partial charge on any atom is -0.370 e. The first-order chi connectivity index (χ1) is 12.1. The lowest BCUT2D eigenvalue weighted by molar-refractivity contribution is -0.118. The molecule has 1 aromatic carbocycles. The summed E-state index contributed by atoms with van der Waals surface area (Å²) in [5.41, 5.74) is 5.91. The number of piperidine rings is 1. The highest BCUT2D eigenvalue weighted by atomic mass is 35.5. The second kappa shape index (κ2) is 11.5. The normalized spacial score (nSPS) is 14.2. The molecule has 1 heterocycles. The van der Waals surface area contributed by atoms with Gasteiger partial charge in [-0.1, -0.05) is 12.1 Å². The fourth-order valence-electron chi connectivity index (χ4n) is 2.90. The molecule has 0 radical (unpaired) electrons. The smallest absolute Gasteiger partial charge is 0.253 e. The van der Waals surface area contributed by atoms with Crippen molar-refractivity contribution in [3.63, 3.8) is 0 Å². The number of nitrogens with one attached hydrogen (secondary N) is 3.